The second-order valence-corrected chi connectivity index (χ2v) is 7.17. The van der Waals surface area contributed by atoms with Crippen molar-refractivity contribution in [3.63, 3.8) is 0 Å². The van der Waals surface area contributed by atoms with E-state index < -0.39 is 0 Å². The topological polar surface area (TPSA) is 46.6 Å². The molecule has 0 bridgehead atoms. The molecule has 0 aliphatic carbocycles. The third-order valence-electron chi connectivity index (χ3n) is 4.92. The SMILES string of the molecule is CCOC(=O)C1CCN(C(=O)C(=Cc2ccccc2Cl)c2ccccc2)CC1. The molecule has 1 amide bonds. The maximum Gasteiger partial charge on any atom is 0.309 e. The minimum Gasteiger partial charge on any atom is -0.466 e. The molecule has 5 heteroatoms. The molecule has 1 heterocycles. The summed E-state index contributed by atoms with van der Waals surface area (Å²) < 4.78 is 5.12. The lowest BCUT2D eigenvalue weighted by Crippen LogP contribution is -2.41. The molecule has 1 aliphatic heterocycles. The highest BCUT2D eigenvalue weighted by Gasteiger charge is 2.29. The number of likely N-dealkylation sites (tertiary alicyclic amines) is 1. The number of carbonyl (C=O) groups excluding carboxylic acids is 2. The van der Waals surface area contributed by atoms with Crippen LogP contribution < -0.4 is 0 Å². The van der Waals surface area contributed by atoms with Crippen LogP contribution in [0.3, 0.4) is 0 Å². The van der Waals surface area contributed by atoms with Crippen LogP contribution in [0, 0.1) is 5.92 Å². The average molecular weight is 398 g/mol. The van der Waals surface area contributed by atoms with Crippen LogP contribution in [-0.2, 0) is 14.3 Å². The molecule has 4 nitrogen and oxygen atoms in total. The molecule has 1 saturated heterocycles. The molecule has 0 N–H and O–H groups in total. The number of amides is 1. The maximum absolute atomic E-state index is 13.3. The number of benzene rings is 2. The monoisotopic (exact) mass is 397 g/mol. The number of piperidine rings is 1. The molecule has 28 heavy (non-hydrogen) atoms. The van der Waals surface area contributed by atoms with Crippen LogP contribution in [0.2, 0.25) is 5.02 Å². The predicted octanol–water partition coefficient (Wildman–Crippen LogP) is 4.68. The van der Waals surface area contributed by atoms with Crippen molar-refractivity contribution in [1.82, 2.24) is 4.90 Å². The quantitative estimate of drug-likeness (QED) is 0.418. The molecule has 0 radical (unpaired) electrons. The lowest BCUT2D eigenvalue weighted by atomic mass is 9.95. The fourth-order valence-electron chi connectivity index (χ4n) is 3.38. The Morgan fingerprint density at radius 1 is 1.07 bits per heavy atom. The second kappa shape index (κ2) is 9.56. The molecule has 0 atom stereocenters. The van der Waals surface area contributed by atoms with E-state index in [9.17, 15) is 9.59 Å². The van der Waals surface area contributed by atoms with Gasteiger partial charge in [-0.25, -0.2) is 0 Å². The normalized spacial score (nSPS) is 15.4. The number of hydrogen-bond acceptors (Lipinski definition) is 3. The molecule has 0 aromatic heterocycles. The van der Waals surface area contributed by atoms with Gasteiger partial charge in [0.15, 0.2) is 0 Å². The van der Waals surface area contributed by atoms with Crippen molar-refractivity contribution in [2.24, 2.45) is 5.92 Å². The van der Waals surface area contributed by atoms with Gasteiger partial charge in [0.05, 0.1) is 12.5 Å². The van der Waals surface area contributed by atoms with E-state index >= 15 is 0 Å². The van der Waals surface area contributed by atoms with Gasteiger partial charge in [-0.2, -0.15) is 0 Å². The van der Waals surface area contributed by atoms with Crippen LogP contribution in [0.1, 0.15) is 30.9 Å². The minimum atomic E-state index is -0.163. The zero-order chi connectivity index (χ0) is 19.9. The summed E-state index contributed by atoms with van der Waals surface area (Å²) in [5.41, 5.74) is 2.25. The lowest BCUT2D eigenvalue weighted by Gasteiger charge is -2.31. The second-order valence-electron chi connectivity index (χ2n) is 6.76. The summed E-state index contributed by atoms with van der Waals surface area (Å²) in [7, 11) is 0. The van der Waals surface area contributed by atoms with E-state index in [1.54, 1.807) is 0 Å². The highest BCUT2D eigenvalue weighted by Crippen LogP contribution is 2.27. The van der Waals surface area contributed by atoms with Gasteiger partial charge < -0.3 is 9.64 Å². The number of ether oxygens (including phenoxy) is 1. The number of esters is 1. The fourth-order valence-corrected chi connectivity index (χ4v) is 3.57. The van der Waals surface area contributed by atoms with Crippen molar-refractivity contribution in [2.75, 3.05) is 19.7 Å². The zero-order valence-electron chi connectivity index (χ0n) is 15.9. The maximum atomic E-state index is 13.3. The Labute approximate surface area is 170 Å². The fraction of sp³-hybridized carbons (Fsp3) is 0.304. The number of carbonyl (C=O) groups is 2. The smallest absolute Gasteiger partial charge is 0.309 e. The summed E-state index contributed by atoms with van der Waals surface area (Å²) in [5.74, 6) is -0.338. The molecular formula is C23H24ClNO3. The largest absolute Gasteiger partial charge is 0.466 e. The van der Waals surface area contributed by atoms with Gasteiger partial charge in [-0.3, -0.25) is 9.59 Å². The first-order chi connectivity index (χ1) is 13.6. The van der Waals surface area contributed by atoms with E-state index in [-0.39, 0.29) is 17.8 Å². The predicted molar refractivity (Wildman–Crippen MR) is 112 cm³/mol. The summed E-state index contributed by atoms with van der Waals surface area (Å²) in [5, 5.41) is 0.602. The molecule has 2 aromatic rings. The third kappa shape index (κ3) is 4.82. The van der Waals surface area contributed by atoms with Crippen molar-refractivity contribution < 1.29 is 14.3 Å². The molecule has 146 valence electrons. The average Bonchev–Trinajstić information content (AvgIpc) is 2.73. The first kappa shape index (κ1) is 20.2. The first-order valence-electron chi connectivity index (χ1n) is 9.57. The van der Waals surface area contributed by atoms with Crippen LogP contribution in [-0.4, -0.2) is 36.5 Å². The van der Waals surface area contributed by atoms with Gasteiger partial charge in [-0.15, -0.1) is 0 Å². The lowest BCUT2D eigenvalue weighted by molar-refractivity contribution is -0.150. The van der Waals surface area contributed by atoms with Crippen molar-refractivity contribution >= 4 is 35.1 Å². The van der Waals surface area contributed by atoms with E-state index in [4.69, 9.17) is 16.3 Å². The Kier molecular flexibility index (Phi) is 6.88. The van der Waals surface area contributed by atoms with Crippen molar-refractivity contribution in [2.45, 2.75) is 19.8 Å². The van der Waals surface area contributed by atoms with Crippen LogP contribution in [0.5, 0.6) is 0 Å². The standard InChI is InChI=1S/C23H24ClNO3/c1-2-28-23(27)18-12-14-25(15-13-18)22(26)20(17-8-4-3-5-9-17)16-19-10-6-7-11-21(19)24/h3-11,16,18H,2,12-15H2,1H3. The van der Waals surface area contributed by atoms with Gasteiger partial charge in [0.1, 0.15) is 0 Å². The third-order valence-corrected chi connectivity index (χ3v) is 5.27. The highest BCUT2D eigenvalue weighted by molar-refractivity contribution is 6.33. The summed E-state index contributed by atoms with van der Waals surface area (Å²) >= 11 is 6.31. The Hall–Kier alpha value is -2.59. The van der Waals surface area contributed by atoms with E-state index in [2.05, 4.69) is 0 Å². The van der Waals surface area contributed by atoms with Crippen LogP contribution in [0.25, 0.3) is 11.6 Å². The van der Waals surface area contributed by atoms with Gasteiger partial charge in [-0.1, -0.05) is 60.1 Å². The van der Waals surface area contributed by atoms with E-state index in [0.29, 0.717) is 43.1 Å². The summed E-state index contributed by atoms with van der Waals surface area (Å²) in [6.07, 6.45) is 3.09. The molecular weight excluding hydrogens is 374 g/mol. The van der Waals surface area contributed by atoms with Gasteiger partial charge in [-0.05, 0) is 43.0 Å². The molecule has 0 spiro atoms. The van der Waals surface area contributed by atoms with Crippen LogP contribution in [0.4, 0.5) is 0 Å². The Morgan fingerprint density at radius 3 is 2.36 bits per heavy atom. The summed E-state index contributed by atoms with van der Waals surface area (Å²) in [6.45, 7) is 3.27. The van der Waals surface area contributed by atoms with Crippen LogP contribution >= 0.6 is 11.6 Å². The molecule has 2 aromatic carbocycles. The van der Waals surface area contributed by atoms with Gasteiger partial charge in [0.2, 0.25) is 0 Å². The van der Waals surface area contributed by atoms with E-state index in [1.165, 1.54) is 0 Å². The van der Waals surface area contributed by atoms with Gasteiger partial charge in [0, 0.05) is 23.7 Å². The summed E-state index contributed by atoms with van der Waals surface area (Å²) in [4.78, 5) is 27.1. The number of rotatable bonds is 5. The Bertz CT molecular complexity index is 855. The van der Waals surface area contributed by atoms with Crippen molar-refractivity contribution in [3.8, 4) is 0 Å². The molecule has 3 rings (SSSR count). The molecule has 0 saturated carbocycles. The van der Waals surface area contributed by atoms with Gasteiger partial charge in [0.25, 0.3) is 5.91 Å². The van der Waals surface area contributed by atoms with Crippen molar-refractivity contribution in [1.29, 1.82) is 0 Å². The van der Waals surface area contributed by atoms with Gasteiger partial charge >= 0.3 is 5.97 Å². The van der Waals surface area contributed by atoms with E-state index in [0.717, 1.165) is 11.1 Å². The Morgan fingerprint density at radius 2 is 1.71 bits per heavy atom. The highest BCUT2D eigenvalue weighted by atomic mass is 35.5. The first-order valence-corrected chi connectivity index (χ1v) is 9.95. The number of nitrogens with zero attached hydrogens (tertiary/aromatic N) is 1. The summed E-state index contributed by atoms with van der Waals surface area (Å²) in [6, 6.07) is 17.1. The molecule has 1 fully saturated rings. The number of hydrogen-bond donors (Lipinski definition) is 0. The molecule has 0 unspecified atom stereocenters. The zero-order valence-corrected chi connectivity index (χ0v) is 16.7. The molecule has 1 aliphatic rings. The van der Waals surface area contributed by atoms with Crippen molar-refractivity contribution in [3.05, 3.63) is 70.7 Å². The minimum absolute atomic E-state index is 0.0478. The number of halogens is 1. The van der Waals surface area contributed by atoms with Crippen LogP contribution in [0.15, 0.2) is 54.6 Å². The van der Waals surface area contributed by atoms with E-state index in [1.807, 2.05) is 72.5 Å². The Balaban J connectivity index is 1.83.